The Morgan fingerprint density at radius 3 is 3.12 bits per heavy atom. The molecule has 0 saturated carbocycles. The molecule has 2 aromatic rings. The second-order valence-corrected chi connectivity index (χ2v) is 7.17. The minimum absolute atomic E-state index is 0.0989. The molecule has 26 heavy (non-hydrogen) atoms. The quantitative estimate of drug-likeness (QED) is 0.851. The van der Waals surface area contributed by atoms with Gasteiger partial charge >= 0.3 is 0 Å². The second kappa shape index (κ2) is 7.55. The van der Waals surface area contributed by atoms with Crippen molar-refractivity contribution in [1.82, 2.24) is 20.4 Å². The van der Waals surface area contributed by atoms with Gasteiger partial charge in [0.25, 0.3) is 5.91 Å². The number of carbonyl (C=O) groups is 1. The van der Waals surface area contributed by atoms with E-state index in [4.69, 9.17) is 9.26 Å². The summed E-state index contributed by atoms with van der Waals surface area (Å²) < 4.78 is 10.9. The van der Waals surface area contributed by atoms with Crippen LogP contribution in [0, 0.1) is 5.41 Å². The molecule has 4 rings (SSSR count). The fraction of sp³-hybridized carbons (Fsp3) is 0.526. The zero-order valence-electron chi connectivity index (χ0n) is 14.8. The Morgan fingerprint density at radius 1 is 1.35 bits per heavy atom. The van der Waals surface area contributed by atoms with Gasteiger partial charge in [0.05, 0.1) is 18.0 Å². The van der Waals surface area contributed by atoms with E-state index in [0.29, 0.717) is 6.54 Å². The van der Waals surface area contributed by atoms with Gasteiger partial charge in [-0.25, -0.2) is 0 Å². The summed E-state index contributed by atoms with van der Waals surface area (Å²) >= 11 is 0. The third-order valence-corrected chi connectivity index (χ3v) is 5.53. The lowest BCUT2D eigenvalue weighted by Gasteiger charge is -2.43. The van der Waals surface area contributed by atoms with E-state index in [1.54, 1.807) is 6.07 Å². The summed E-state index contributed by atoms with van der Waals surface area (Å²) in [6.45, 7) is 4.27. The van der Waals surface area contributed by atoms with Crippen molar-refractivity contribution < 1.29 is 14.1 Å². The summed E-state index contributed by atoms with van der Waals surface area (Å²) in [4.78, 5) is 19.0. The van der Waals surface area contributed by atoms with Gasteiger partial charge in [0, 0.05) is 50.5 Å². The van der Waals surface area contributed by atoms with Crippen LogP contribution in [0.25, 0.3) is 0 Å². The third-order valence-electron chi connectivity index (χ3n) is 5.53. The number of nitrogens with one attached hydrogen (secondary N) is 1. The van der Waals surface area contributed by atoms with Gasteiger partial charge in [-0.1, -0.05) is 11.2 Å². The SMILES string of the molecule is O=C(NCC[C@@]12CCO[C@@H]1CCN(Cc1ccccn1)C2)c1ccno1. The number of hydrogen-bond acceptors (Lipinski definition) is 6. The largest absolute Gasteiger partial charge is 0.378 e. The third kappa shape index (κ3) is 3.64. The molecular formula is C19H24N4O3. The van der Waals surface area contributed by atoms with Crippen LogP contribution in [0.3, 0.4) is 0 Å². The van der Waals surface area contributed by atoms with Gasteiger partial charge < -0.3 is 14.6 Å². The minimum Gasteiger partial charge on any atom is -0.378 e. The molecule has 0 bridgehead atoms. The Bertz CT molecular complexity index is 722. The van der Waals surface area contributed by atoms with Gasteiger partial charge in [0.15, 0.2) is 0 Å². The van der Waals surface area contributed by atoms with Gasteiger partial charge in [-0.2, -0.15) is 0 Å². The summed E-state index contributed by atoms with van der Waals surface area (Å²) in [5, 5.41) is 6.52. The monoisotopic (exact) mass is 356 g/mol. The molecule has 2 fully saturated rings. The number of pyridine rings is 1. The number of amides is 1. The lowest BCUT2D eigenvalue weighted by Crippen LogP contribution is -2.50. The van der Waals surface area contributed by atoms with Gasteiger partial charge in [0.1, 0.15) is 0 Å². The zero-order valence-corrected chi connectivity index (χ0v) is 14.8. The number of fused-ring (bicyclic) bond motifs is 1. The van der Waals surface area contributed by atoms with E-state index in [1.165, 1.54) is 6.20 Å². The molecule has 2 atom stereocenters. The van der Waals surface area contributed by atoms with Crippen LogP contribution in [0.1, 0.15) is 35.5 Å². The summed E-state index contributed by atoms with van der Waals surface area (Å²) in [5.41, 5.74) is 1.19. The predicted molar refractivity (Wildman–Crippen MR) is 94.4 cm³/mol. The van der Waals surface area contributed by atoms with E-state index in [9.17, 15) is 4.79 Å². The summed E-state index contributed by atoms with van der Waals surface area (Å²) in [6.07, 6.45) is 6.57. The predicted octanol–water partition coefficient (Wildman–Crippen LogP) is 1.87. The lowest BCUT2D eigenvalue weighted by molar-refractivity contribution is -0.0243. The van der Waals surface area contributed by atoms with Gasteiger partial charge in [-0.15, -0.1) is 0 Å². The van der Waals surface area contributed by atoms with E-state index < -0.39 is 0 Å². The van der Waals surface area contributed by atoms with E-state index in [0.717, 1.165) is 51.2 Å². The molecule has 0 unspecified atom stereocenters. The topological polar surface area (TPSA) is 80.5 Å². The maximum atomic E-state index is 12.0. The van der Waals surface area contributed by atoms with Crippen molar-refractivity contribution in [1.29, 1.82) is 0 Å². The Morgan fingerprint density at radius 2 is 2.31 bits per heavy atom. The first-order valence-electron chi connectivity index (χ1n) is 9.18. The molecule has 7 nitrogen and oxygen atoms in total. The number of hydrogen-bond donors (Lipinski definition) is 1. The maximum Gasteiger partial charge on any atom is 0.289 e. The molecule has 1 N–H and O–H groups in total. The van der Waals surface area contributed by atoms with E-state index in [1.807, 2.05) is 18.3 Å². The van der Waals surface area contributed by atoms with Crippen molar-refractivity contribution in [3.63, 3.8) is 0 Å². The fourth-order valence-electron chi connectivity index (χ4n) is 4.20. The molecule has 7 heteroatoms. The normalized spacial score (nSPS) is 25.8. The first-order valence-corrected chi connectivity index (χ1v) is 9.18. The van der Waals surface area contributed by atoms with Gasteiger partial charge in [-0.05, 0) is 31.4 Å². The molecule has 2 aliphatic rings. The number of nitrogens with zero attached hydrogens (tertiary/aromatic N) is 3. The van der Waals surface area contributed by atoms with Gasteiger partial charge in [0.2, 0.25) is 5.76 Å². The van der Waals surface area contributed by atoms with Gasteiger partial charge in [-0.3, -0.25) is 14.7 Å². The lowest BCUT2D eigenvalue weighted by atomic mass is 9.74. The molecule has 0 spiro atoms. The molecule has 0 aromatic carbocycles. The van der Waals surface area contributed by atoms with E-state index in [-0.39, 0.29) is 23.2 Å². The van der Waals surface area contributed by atoms with Crippen molar-refractivity contribution in [3.05, 3.63) is 48.1 Å². The van der Waals surface area contributed by atoms with E-state index in [2.05, 4.69) is 26.4 Å². The number of aromatic nitrogens is 2. The summed E-state index contributed by atoms with van der Waals surface area (Å²) in [5.74, 6) is 0.0395. The van der Waals surface area contributed by atoms with E-state index >= 15 is 0 Å². The molecular weight excluding hydrogens is 332 g/mol. The highest BCUT2D eigenvalue weighted by atomic mass is 16.5. The zero-order chi connectivity index (χ0) is 17.8. The number of piperidine rings is 1. The van der Waals surface area contributed by atoms with Crippen LogP contribution in [0.2, 0.25) is 0 Å². The van der Waals surface area contributed by atoms with Crippen LogP contribution in [-0.2, 0) is 11.3 Å². The Labute approximate surface area is 152 Å². The van der Waals surface area contributed by atoms with Crippen molar-refractivity contribution in [2.45, 2.75) is 31.9 Å². The number of carbonyl (C=O) groups excluding carboxylic acids is 1. The summed E-state index contributed by atoms with van der Waals surface area (Å²) in [6, 6.07) is 7.62. The Kier molecular flexibility index (Phi) is 4.99. The highest BCUT2D eigenvalue weighted by molar-refractivity contribution is 5.91. The second-order valence-electron chi connectivity index (χ2n) is 7.17. The maximum absolute atomic E-state index is 12.0. The molecule has 2 aromatic heterocycles. The molecule has 4 heterocycles. The smallest absolute Gasteiger partial charge is 0.289 e. The van der Waals surface area contributed by atoms with Crippen molar-refractivity contribution in [2.24, 2.45) is 5.41 Å². The Hall–Kier alpha value is -2.25. The average molecular weight is 356 g/mol. The van der Waals surface area contributed by atoms with Crippen molar-refractivity contribution in [2.75, 3.05) is 26.2 Å². The first kappa shape index (κ1) is 17.2. The van der Waals surface area contributed by atoms with Crippen molar-refractivity contribution in [3.8, 4) is 0 Å². The highest BCUT2D eigenvalue weighted by Gasteiger charge is 2.47. The standard InChI is InChI=1S/C19H24N4O3/c24-18(16-4-9-22-26-16)21-10-6-19-7-12-25-17(19)5-11-23(14-19)13-15-3-1-2-8-20-15/h1-4,8-9,17H,5-7,10-14H2,(H,21,24)/t17-,19+/m1/s1. The number of ether oxygens (including phenoxy) is 1. The number of likely N-dealkylation sites (tertiary alicyclic amines) is 1. The minimum atomic E-state index is -0.212. The molecule has 2 saturated heterocycles. The molecule has 1 amide bonds. The highest BCUT2D eigenvalue weighted by Crippen LogP contribution is 2.43. The van der Waals surface area contributed by atoms with Crippen LogP contribution >= 0.6 is 0 Å². The van der Waals surface area contributed by atoms with Crippen LogP contribution < -0.4 is 5.32 Å². The average Bonchev–Trinajstić information content (AvgIpc) is 3.32. The molecule has 2 aliphatic heterocycles. The van der Waals surface area contributed by atoms with Crippen LogP contribution in [-0.4, -0.2) is 53.3 Å². The molecule has 0 aliphatic carbocycles. The molecule has 138 valence electrons. The Balaban J connectivity index is 1.36. The fourth-order valence-corrected chi connectivity index (χ4v) is 4.20. The van der Waals surface area contributed by atoms with Crippen LogP contribution in [0.4, 0.5) is 0 Å². The van der Waals surface area contributed by atoms with Crippen LogP contribution in [0.5, 0.6) is 0 Å². The molecule has 0 radical (unpaired) electrons. The van der Waals surface area contributed by atoms with Crippen LogP contribution in [0.15, 0.2) is 41.2 Å². The van der Waals surface area contributed by atoms with Crippen molar-refractivity contribution >= 4 is 5.91 Å². The number of rotatable bonds is 6. The summed E-state index contributed by atoms with van der Waals surface area (Å²) in [7, 11) is 0. The first-order chi connectivity index (χ1) is 12.8.